The topological polar surface area (TPSA) is 34.5 Å². The summed E-state index contributed by atoms with van der Waals surface area (Å²) in [6, 6.07) is 82.1. The van der Waals surface area contributed by atoms with E-state index in [4.69, 9.17) is 8.83 Å². The molecule has 0 aliphatic heterocycles. The number of fused-ring (bicyclic) bond motifs is 9. The Bertz CT molecular complexity index is 3880. The summed E-state index contributed by atoms with van der Waals surface area (Å²) in [5, 5.41) is 6.60. The maximum absolute atomic E-state index is 7.07. The van der Waals surface area contributed by atoms with Crippen molar-refractivity contribution < 1.29 is 8.83 Å². The summed E-state index contributed by atoms with van der Waals surface area (Å²) in [6.07, 6.45) is 0. The van der Waals surface area contributed by atoms with E-state index in [1.54, 1.807) is 0 Å². The first-order valence-electron chi connectivity index (χ1n) is 21.7. The Kier molecular flexibility index (Phi) is 8.18. The Labute approximate surface area is 369 Å². The molecule has 0 saturated carbocycles. The molecule has 64 heavy (non-hydrogen) atoms. The molecule has 0 fully saturated rings. The first-order chi connectivity index (χ1) is 31.7. The first-order valence-corrected chi connectivity index (χ1v) is 21.7. The number of para-hydroxylation sites is 2. The Morgan fingerprint density at radius 3 is 1.62 bits per heavy atom. The second-order valence-corrected chi connectivity index (χ2v) is 16.5. The van der Waals surface area contributed by atoms with Gasteiger partial charge >= 0.3 is 0 Å². The van der Waals surface area contributed by atoms with Crippen molar-refractivity contribution in [2.75, 3.05) is 4.90 Å². The minimum atomic E-state index is 0.840. The molecule has 3 aromatic heterocycles. The van der Waals surface area contributed by atoms with Crippen molar-refractivity contribution in [3.05, 3.63) is 231 Å². The minimum absolute atomic E-state index is 0.840. The zero-order valence-electron chi connectivity index (χ0n) is 34.7. The van der Waals surface area contributed by atoms with Gasteiger partial charge in [0.15, 0.2) is 0 Å². The van der Waals surface area contributed by atoms with Gasteiger partial charge in [0.05, 0.1) is 22.1 Å². The fourth-order valence-corrected chi connectivity index (χ4v) is 9.80. The van der Waals surface area contributed by atoms with E-state index < -0.39 is 0 Å². The van der Waals surface area contributed by atoms with Crippen LogP contribution in [0.25, 0.3) is 105 Å². The number of aromatic nitrogens is 1. The average molecular weight is 819 g/mol. The number of benzene rings is 10. The second kappa shape index (κ2) is 14.5. The molecule has 0 aliphatic rings. The fourth-order valence-electron chi connectivity index (χ4n) is 9.80. The molecule has 13 aromatic rings. The van der Waals surface area contributed by atoms with Gasteiger partial charge in [0, 0.05) is 49.6 Å². The van der Waals surface area contributed by atoms with E-state index >= 15 is 0 Å². The third-order valence-electron chi connectivity index (χ3n) is 12.8. The van der Waals surface area contributed by atoms with Crippen LogP contribution in [0.1, 0.15) is 0 Å². The molecular formula is C60H38N2O2. The number of rotatable bonds is 7. The lowest BCUT2D eigenvalue weighted by Crippen LogP contribution is -2.10. The highest BCUT2D eigenvalue weighted by atomic mass is 16.3. The smallest absolute Gasteiger partial charge is 0.145 e. The van der Waals surface area contributed by atoms with E-state index in [1.165, 1.54) is 16.3 Å². The average Bonchev–Trinajstić information content (AvgIpc) is 4.04. The number of nitrogens with zero attached hydrogens (tertiary/aromatic N) is 2. The SMILES string of the molecule is c1ccc(-c2ccc3c(c2)oc2c(-c4ccccc4)ccc(N(c4ccc5oc6ccc(-c7ccccc7)cc6c5c4)c4ccc5c(c4)c4ccccc4n5-c4ccccc4)c23)cc1. The summed E-state index contributed by atoms with van der Waals surface area (Å²) >= 11 is 0. The molecule has 0 radical (unpaired) electrons. The molecule has 0 unspecified atom stereocenters. The minimum Gasteiger partial charge on any atom is -0.456 e. The van der Waals surface area contributed by atoms with E-state index in [0.29, 0.717) is 0 Å². The van der Waals surface area contributed by atoms with Gasteiger partial charge in [0.2, 0.25) is 0 Å². The normalized spacial score (nSPS) is 11.8. The quantitative estimate of drug-likeness (QED) is 0.161. The summed E-state index contributed by atoms with van der Waals surface area (Å²) in [4.78, 5) is 2.41. The van der Waals surface area contributed by atoms with Gasteiger partial charge in [-0.2, -0.15) is 0 Å². The molecule has 10 aromatic carbocycles. The van der Waals surface area contributed by atoms with E-state index in [1.807, 2.05) is 0 Å². The van der Waals surface area contributed by atoms with Crippen molar-refractivity contribution in [3.8, 4) is 39.1 Å². The van der Waals surface area contributed by atoms with Gasteiger partial charge in [-0.1, -0.05) is 140 Å². The Morgan fingerprint density at radius 1 is 0.328 bits per heavy atom. The lowest BCUT2D eigenvalue weighted by atomic mass is 9.98. The molecule has 0 amide bonds. The fraction of sp³-hybridized carbons (Fsp3) is 0. The first kappa shape index (κ1) is 36.1. The number of hydrogen-bond acceptors (Lipinski definition) is 3. The molecular weight excluding hydrogens is 781 g/mol. The molecule has 4 nitrogen and oxygen atoms in total. The van der Waals surface area contributed by atoms with Gasteiger partial charge in [-0.05, 0) is 119 Å². The van der Waals surface area contributed by atoms with Crippen LogP contribution in [-0.4, -0.2) is 4.57 Å². The predicted octanol–water partition coefficient (Wildman–Crippen LogP) is 17.1. The Morgan fingerprint density at radius 2 is 0.891 bits per heavy atom. The predicted molar refractivity (Wildman–Crippen MR) is 266 cm³/mol. The Balaban J connectivity index is 1.10. The van der Waals surface area contributed by atoms with Crippen molar-refractivity contribution >= 4 is 82.7 Å². The molecule has 0 saturated heterocycles. The van der Waals surface area contributed by atoms with Gasteiger partial charge in [0.25, 0.3) is 0 Å². The lowest BCUT2D eigenvalue weighted by Gasteiger charge is -2.27. The van der Waals surface area contributed by atoms with E-state index in [-0.39, 0.29) is 0 Å². The molecule has 0 bridgehead atoms. The van der Waals surface area contributed by atoms with Crippen LogP contribution >= 0.6 is 0 Å². The van der Waals surface area contributed by atoms with Gasteiger partial charge in [-0.15, -0.1) is 0 Å². The highest BCUT2D eigenvalue weighted by Gasteiger charge is 2.25. The monoisotopic (exact) mass is 818 g/mol. The summed E-state index contributed by atoms with van der Waals surface area (Å²) < 4.78 is 16.0. The highest BCUT2D eigenvalue weighted by molar-refractivity contribution is 6.19. The van der Waals surface area contributed by atoms with Crippen LogP contribution in [0.15, 0.2) is 239 Å². The Hall–Kier alpha value is -8.60. The molecule has 0 spiro atoms. The van der Waals surface area contributed by atoms with Crippen molar-refractivity contribution in [1.82, 2.24) is 4.57 Å². The van der Waals surface area contributed by atoms with Crippen LogP contribution < -0.4 is 4.90 Å². The van der Waals surface area contributed by atoms with E-state index in [0.717, 1.165) is 105 Å². The standard InChI is InChI=1S/C60H38N2O2/c1-5-15-39(16-6-1)42-26-33-56-51(35-42)52-38-46(28-34-57(52)63-56)61(45-27-31-54-50(37-45)48-23-13-14-24-53(48)62(54)44-21-11-4-12-22-44)55-32-30-47(41-19-9-3-10-20-41)60-59(55)49-29-25-43(36-58(49)64-60)40-17-7-2-8-18-40/h1-38H. The zero-order valence-corrected chi connectivity index (χ0v) is 34.7. The second-order valence-electron chi connectivity index (χ2n) is 16.5. The number of anilines is 3. The van der Waals surface area contributed by atoms with Crippen LogP contribution in [0.3, 0.4) is 0 Å². The van der Waals surface area contributed by atoms with Gasteiger partial charge < -0.3 is 18.3 Å². The van der Waals surface area contributed by atoms with E-state index in [9.17, 15) is 0 Å². The van der Waals surface area contributed by atoms with Crippen molar-refractivity contribution in [2.24, 2.45) is 0 Å². The van der Waals surface area contributed by atoms with Gasteiger partial charge in [-0.25, -0.2) is 0 Å². The van der Waals surface area contributed by atoms with Gasteiger partial charge in [0.1, 0.15) is 22.3 Å². The third-order valence-corrected chi connectivity index (χ3v) is 12.8. The molecule has 300 valence electrons. The molecule has 3 heterocycles. The maximum atomic E-state index is 7.07. The summed E-state index contributed by atoms with van der Waals surface area (Å²) in [6.45, 7) is 0. The van der Waals surface area contributed by atoms with Crippen LogP contribution in [0, 0.1) is 0 Å². The van der Waals surface area contributed by atoms with Gasteiger partial charge in [-0.3, -0.25) is 0 Å². The van der Waals surface area contributed by atoms with E-state index in [2.05, 4.69) is 240 Å². The summed E-state index contributed by atoms with van der Waals surface area (Å²) in [5.41, 5.74) is 16.6. The zero-order chi connectivity index (χ0) is 42.1. The molecule has 0 aliphatic carbocycles. The molecule has 0 N–H and O–H groups in total. The maximum Gasteiger partial charge on any atom is 0.145 e. The third kappa shape index (κ3) is 5.77. The van der Waals surface area contributed by atoms with Crippen molar-refractivity contribution in [1.29, 1.82) is 0 Å². The largest absolute Gasteiger partial charge is 0.456 e. The van der Waals surface area contributed by atoms with Crippen LogP contribution in [-0.2, 0) is 0 Å². The van der Waals surface area contributed by atoms with Crippen LogP contribution in [0.2, 0.25) is 0 Å². The molecule has 13 rings (SSSR count). The highest BCUT2D eigenvalue weighted by Crippen LogP contribution is 2.48. The number of hydrogen-bond donors (Lipinski definition) is 0. The number of furan rings is 2. The molecule has 4 heteroatoms. The summed E-state index contributed by atoms with van der Waals surface area (Å²) in [7, 11) is 0. The van der Waals surface area contributed by atoms with Crippen molar-refractivity contribution in [2.45, 2.75) is 0 Å². The summed E-state index contributed by atoms with van der Waals surface area (Å²) in [5.74, 6) is 0. The van der Waals surface area contributed by atoms with Crippen LogP contribution in [0.5, 0.6) is 0 Å². The molecule has 0 atom stereocenters. The van der Waals surface area contributed by atoms with Crippen molar-refractivity contribution in [3.63, 3.8) is 0 Å². The van der Waals surface area contributed by atoms with Crippen LogP contribution in [0.4, 0.5) is 17.1 Å². The lowest BCUT2D eigenvalue weighted by molar-refractivity contribution is 0.669.